The van der Waals surface area contributed by atoms with Gasteiger partial charge in [0.1, 0.15) is 17.7 Å². The van der Waals surface area contributed by atoms with Crippen molar-refractivity contribution in [2.24, 2.45) is 17.6 Å². The Morgan fingerprint density at radius 2 is 2.21 bits per heavy atom. The molecule has 1 saturated carbocycles. The van der Waals surface area contributed by atoms with Gasteiger partial charge in [-0.05, 0) is 65.9 Å². The van der Waals surface area contributed by atoms with Crippen LogP contribution in [0.1, 0.15) is 32.6 Å². The molecule has 0 amide bonds. The monoisotopic (exact) mass is 329 g/mol. The molecular weight excluding hydrogens is 309 g/mol. The first-order valence-corrected chi connectivity index (χ1v) is 7.75. The van der Waals surface area contributed by atoms with Crippen LogP contribution in [-0.2, 0) is 0 Å². The summed E-state index contributed by atoms with van der Waals surface area (Å²) in [6.07, 6.45) is 4.73. The average molecular weight is 330 g/mol. The second-order valence-electron chi connectivity index (χ2n) is 5.31. The molecule has 3 atom stereocenters. The van der Waals surface area contributed by atoms with Gasteiger partial charge in [0.05, 0.1) is 4.47 Å². The molecule has 1 aliphatic rings. The molecule has 19 heavy (non-hydrogen) atoms. The summed E-state index contributed by atoms with van der Waals surface area (Å²) in [5.74, 6) is 1.57. The summed E-state index contributed by atoms with van der Waals surface area (Å²) in [5.41, 5.74) is 5.84. The van der Waals surface area contributed by atoms with Crippen LogP contribution < -0.4 is 10.5 Å². The molecular formula is C15H21BrFNO. The zero-order valence-electron chi connectivity index (χ0n) is 11.2. The van der Waals surface area contributed by atoms with Gasteiger partial charge < -0.3 is 10.5 Å². The Hall–Kier alpha value is -0.610. The summed E-state index contributed by atoms with van der Waals surface area (Å²) < 4.78 is 19.8. The van der Waals surface area contributed by atoms with Gasteiger partial charge in [-0.2, -0.15) is 0 Å². The lowest BCUT2D eigenvalue weighted by molar-refractivity contribution is 0.0677. The molecule has 2 rings (SSSR count). The maximum absolute atomic E-state index is 13.1. The minimum absolute atomic E-state index is 0.144. The molecule has 0 aliphatic heterocycles. The lowest BCUT2D eigenvalue weighted by atomic mass is 9.78. The third-order valence-electron chi connectivity index (χ3n) is 4.09. The second-order valence-corrected chi connectivity index (χ2v) is 6.17. The fraction of sp³-hybridized carbons (Fsp3) is 0.600. The van der Waals surface area contributed by atoms with Crippen molar-refractivity contribution in [3.05, 3.63) is 28.5 Å². The molecule has 1 aliphatic carbocycles. The first kappa shape index (κ1) is 14.8. The van der Waals surface area contributed by atoms with E-state index in [0.29, 0.717) is 28.6 Å². The molecule has 106 valence electrons. The Bertz CT molecular complexity index is 427. The highest BCUT2D eigenvalue weighted by atomic mass is 79.9. The van der Waals surface area contributed by atoms with Crippen molar-refractivity contribution in [3.8, 4) is 5.75 Å². The van der Waals surface area contributed by atoms with Gasteiger partial charge in [-0.3, -0.25) is 0 Å². The van der Waals surface area contributed by atoms with Crippen molar-refractivity contribution in [3.63, 3.8) is 0 Å². The number of hydrogen-bond acceptors (Lipinski definition) is 2. The average Bonchev–Trinajstić information content (AvgIpc) is 2.41. The number of hydrogen-bond donors (Lipinski definition) is 1. The first-order valence-electron chi connectivity index (χ1n) is 6.95. The SMILES string of the molecule is CCC1CCC(CN)C(Oc2ccc(F)cc2Br)C1. The van der Waals surface area contributed by atoms with Crippen molar-refractivity contribution >= 4 is 15.9 Å². The summed E-state index contributed by atoms with van der Waals surface area (Å²) in [4.78, 5) is 0. The van der Waals surface area contributed by atoms with Crippen LogP contribution in [-0.4, -0.2) is 12.6 Å². The Morgan fingerprint density at radius 1 is 1.42 bits per heavy atom. The van der Waals surface area contributed by atoms with E-state index in [2.05, 4.69) is 22.9 Å². The lowest BCUT2D eigenvalue weighted by Gasteiger charge is -2.35. The fourth-order valence-corrected chi connectivity index (χ4v) is 3.24. The van der Waals surface area contributed by atoms with Crippen LogP contribution in [0.2, 0.25) is 0 Å². The van der Waals surface area contributed by atoms with Crippen LogP contribution in [0, 0.1) is 17.7 Å². The molecule has 0 heterocycles. The van der Waals surface area contributed by atoms with Gasteiger partial charge in [-0.25, -0.2) is 4.39 Å². The molecule has 0 saturated heterocycles. The zero-order valence-corrected chi connectivity index (χ0v) is 12.8. The van der Waals surface area contributed by atoms with Crippen LogP contribution in [0.5, 0.6) is 5.75 Å². The Balaban J connectivity index is 2.09. The van der Waals surface area contributed by atoms with E-state index in [0.717, 1.165) is 12.8 Å². The maximum Gasteiger partial charge on any atom is 0.134 e. The second kappa shape index (κ2) is 6.71. The van der Waals surface area contributed by atoms with E-state index in [9.17, 15) is 4.39 Å². The predicted molar refractivity (Wildman–Crippen MR) is 78.7 cm³/mol. The van der Waals surface area contributed by atoms with Gasteiger partial charge in [0.25, 0.3) is 0 Å². The van der Waals surface area contributed by atoms with E-state index >= 15 is 0 Å². The molecule has 2 nitrogen and oxygen atoms in total. The van der Waals surface area contributed by atoms with E-state index < -0.39 is 0 Å². The Kier molecular flexibility index (Phi) is 5.22. The number of ether oxygens (including phenoxy) is 1. The summed E-state index contributed by atoms with van der Waals surface area (Å²) in [6.45, 7) is 2.87. The van der Waals surface area contributed by atoms with E-state index in [1.165, 1.54) is 25.0 Å². The molecule has 3 unspecified atom stereocenters. The highest BCUT2D eigenvalue weighted by Crippen LogP contribution is 2.35. The van der Waals surface area contributed by atoms with Crippen LogP contribution in [0.4, 0.5) is 4.39 Å². The third kappa shape index (κ3) is 3.69. The molecule has 0 aromatic heterocycles. The van der Waals surface area contributed by atoms with Gasteiger partial charge >= 0.3 is 0 Å². The molecule has 1 aromatic rings. The molecule has 0 radical (unpaired) electrons. The van der Waals surface area contributed by atoms with Crippen molar-refractivity contribution in [2.45, 2.75) is 38.7 Å². The van der Waals surface area contributed by atoms with Crippen LogP contribution in [0.15, 0.2) is 22.7 Å². The van der Waals surface area contributed by atoms with E-state index in [-0.39, 0.29) is 11.9 Å². The molecule has 0 bridgehead atoms. The fourth-order valence-electron chi connectivity index (χ4n) is 2.79. The van der Waals surface area contributed by atoms with E-state index in [1.54, 1.807) is 6.07 Å². The zero-order chi connectivity index (χ0) is 13.8. The quantitative estimate of drug-likeness (QED) is 0.901. The third-order valence-corrected chi connectivity index (χ3v) is 4.71. The molecule has 4 heteroatoms. The Morgan fingerprint density at radius 3 is 2.84 bits per heavy atom. The number of halogens is 2. The van der Waals surface area contributed by atoms with Gasteiger partial charge in [0.2, 0.25) is 0 Å². The van der Waals surface area contributed by atoms with Crippen molar-refractivity contribution in [1.29, 1.82) is 0 Å². The van der Waals surface area contributed by atoms with Crippen molar-refractivity contribution in [1.82, 2.24) is 0 Å². The predicted octanol–water partition coefficient (Wildman–Crippen LogP) is 4.12. The highest BCUT2D eigenvalue weighted by molar-refractivity contribution is 9.10. The van der Waals surface area contributed by atoms with Crippen LogP contribution in [0.3, 0.4) is 0 Å². The van der Waals surface area contributed by atoms with Crippen molar-refractivity contribution in [2.75, 3.05) is 6.54 Å². The minimum atomic E-state index is -0.260. The standard InChI is InChI=1S/C15H21BrFNO/c1-2-10-3-4-11(9-18)15(7-10)19-14-6-5-12(17)8-13(14)16/h5-6,8,10-11,15H,2-4,7,9,18H2,1H3. The Labute approximate surface area is 122 Å². The highest BCUT2D eigenvalue weighted by Gasteiger charge is 2.30. The number of nitrogens with two attached hydrogens (primary N) is 1. The number of rotatable bonds is 4. The maximum atomic E-state index is 13.1. The molecule has 2 N–H and O–H groups in total. The van der Waals surface area contributed by atoms with Crippen LogP contribution in [0.25, 0.3) is 0 Å². The summed E-state index contributed by atoms with van der Waals surface area (Å²) in [6, 6.07) is 4.55. The first-order chi connectivity index (χ1) is 9.13. The smallest absolute Gasteiger partial charge is 0.134 e. The minimum Gasteiger partial charge on any atom is -0.489 e. The lowest BCUT2D eigenvalue weighted by Crippen LogP contribution is -2.38. The van der Waals surface area contributed by atoms with E-state index in [1.807, 2.05) is 0 Å². The summed E-state index contributed by atoms with van der Waals surface area (Å²) in [5, 5.41) is 0. The topological polar surface area (TPSA) is 35.2 Å². The van der Waals surface area contributed by atoms with Crippen molar-refractivity contribution < 1.29 is 9.13 Å². The van der Waals surface area contributed by atoms with Crippen LogP contribution >= 0.6 is 15.9 Å². The molecule has 0 spiro atoms. The molecule has 1 fully saturated rings. The van der Waals surface area contributed by atoms with Gasteiger partial charge in [-0.1, -0.05) is 13.3 Å². The van der Waals surface area contributed by atoms with Gasteiger partial charge in [0.15, 0.2) is 0 Å². The van der Waals surface area contributed by atoms with Gasteiger partial charge in [0, 0.05) is 5.92 Å². The normalized spacial score (nSPS) is 27.3. The molecule has 1 aromatic carbocycles. The summed E-state index contributed by atoms with van der Waals surface area (Å²) >= 11 is 3.35. The largest absolute Gasteiger partial charge is 0.489 e. The summed E-state index contributed by atoms with van der Waals surface area (Å²) in [7, 11) is 0. The number of benzene rings is 1. The van der Waals surface area contributed by atoms with E-state index in [4.69, 9.17) is 10.5 Å². The van der Waals surface area contributed by atoms with Gasteiger partial charge in [-0.15, -0.1) is 0 Å².